The van der Waals surface area contributed by atoms with Gasteiger partial charge in [0.2, 0.25) is 5.88 Å². The summed E-state index contributed by atoms with van der Waals surface area (Å²) in [4.78, 5) is 16.7. The Bertz CT molecular complexity index is 648. The van der Waals surface area contributed by atoms with Crippen LogP contribution in [0.4, 0.5) is 5.69 Å². The molecule has 0 unspecified atom stereocenters. The highest BCUT2D eigenvalue weighted by atomic mass is 16.5. The van der Waals surface area contributed by atoms with Crippen molar-refractivity contribution in [2.75, 3.05) is 44.8 Å². The molecule has 3 heterocycles. The SMILES string of the molecule is CN1CCN(c2ccc3c(c2)CC2=C(NCNC2=O)O3)CC1. The Balaban J connectivity index is 1.59. The molecule has 1 saturated heterocycles. The van der Waals surface area contributed by atoms with Crippen molar-refractivity contribution in [2.24, 2.45) is 0 Å². The molecule has 1 fully saturated rings. The van der Waals surface area contributed by atoms with Crippen molar-refractivity contribution >= 4 is 11.6 Å². The van der Waals surface area contributed by atoms with Crippen LogP contribution in [0.15, 0.2) is 29.7 Å². The van der Waals surface area contributed by atoms with Crippen molar-refractivity contribution in [2.45, 2.75) is 6.42 Å². The number of nitrogens with zero attached hydrogens (tertiary/aromatic N) is 2. The van der Waals surface area contributed by atoms with E-state index in [2.05, 4.69) is 39.6 Å². The third kappa shape index (κ3) is 2.29. The zero-order chi connectivity index (χ0) is 15.1. The second-order valence-corrected chi connectivity index (χ2v) is 6.03. The van der Waals surface area contributed by atoms with Gasteiger partial charge in [-0.05, 0) is 25.2 Å². The predicted molar refractivity (Wildman–Crippen MR) is 83.7 cm³/mol. The number of likely N-dealkylation sites (N-methyl/N-ethyl adjacent to an activating group) is 1. The number of anilines is 1. The molecular weight excluding hydrogens is 280 g/mol. The Hall–Kier alpha value is -2.21. The number of piperazine rings is 1. The van der Waals surface area contributed by atoms with Gasteiger partial charge in [-0.2, -0.15) is 0 Å². The maximum absolute atomic E-state index is 12.0. The lowest BCUT2D eigenvalue weighted by atomic mass is 10.00. The third-order valence-electron chi connectivity index (χ3n) is 4.54. The van der Waals surface area contributed by atoms with Crippen molar-refractivity contribution in [3.8, 4) is 5.75 Å². The average Bonchev–Trinajstić information content (AvgIpc) is 2.54. The molecule has 0 saturated carbocycles. The number of benzene rings is 1. The van der Waals surface area contributed by atoms with Crippen molar-refractivity contribution in [3.63, 3.8) is 0 Å². The number of nitrogens with one attached hydrogen (secondary N) is 2. The highest BCUT2D eigenvalue weighted by Crippen LogP contribution is 2.33. The minimum Gasteiger partial charge on any atom is -0.441 e. The van der Waals surface area contributed by atoms with E-state index in [1.54, 1.807) is 0 Å². The summed E-state index contributed by atoms with van der Waals surface area (Å²) in [5, 5.41) is 5.88. The summed E-state index contributed by atoms with van der Waals surface area (Å²) < 4.78 is 5.85. The van der Waals surface area contributed by atoms with Crippen LogP contribution in [-0.4, -0.2) is 50.7 Å². The van der Waals surface area contributed by atoms with Gasteiger partial charge in [0.1, 0.15) is 5.75 Å². The molecule has 0 aliphatic carbocycles. The molecule has 1 amide bonds. The molecule has 4 rings (SSSR count). The molecule has 1 aromatic carbocycles. The number of hydrogen-bond donors (Lipinski definition) is 2. The number of ether oxygens (including phenoxy) is 1. The van der Waals surface area contributed by atoms with Crippen LogP contribution in [0.3, 0.4) is 0 Å². The monoisotopic (exact) mass is 300 g/mol. The second-order valence-electron chi connectivity index (χ2n) is 6.03. The number of hydrogen-bond acceptors (Lipinski definition) is 5. The minimum atomic E-state index is -0.0376. The number of amides is 1. The van der Waals surface area contributed by atoms with Crippen LogP contribution in [0.25, 0.3) is 0 Å². The Morgan fingerprint density at radius 3 is 2.77 bits per heavy atom. The highest BCUT2D eigenvalue weighted by molar-refractivity contribution is 5.95. The van der Waals surface area contributed by atoms with E-state index in [1.807, 2.05) is 6.07 Å². The summed E-state index contributed by atoms with van der Waals surface area (Å²) >= 11 is 0. The van der Waals surface area contributed by atoms with Crippen LogP contribution in [0, 0.1) is 0 Å². The van der Waals surface area contributed by atoms with Crippen LogP contribution >= 0.6 is 0 Å². The van der Waals surface area contributed by atoms with Crippen LogP contribution < -0.4 is 20.3 Å². The Kier molecular flexibility index (Phi) is 3.18. The highest BCUT2D eigenvalue weighted by Gasteiger charge is 2.28. The first-order valence-electron chi connectivity index (χ1n) is 7.70. The zero-order valence-electron chi connectivity index (χ0n) is 12.7. The van der Waals surface area contributed by atoms with E-state index in [-0.39, 0.29) is 5.91 Å². The molecule has 3 aliphatic heterocycles. The maximum atomic E-state index is 12.0. The minimum absolute atomic E-state index is 0.0376. The Labute approximate surface area is 129 Å². The first kappa shape index (κ1) is 13.5. The van der Waals surface area contributed by atoms with Gasteiger partial charge in [0.25, 0.3) is 5.91 Å². The first-order valence-corrected chi connectivity index (χ1v) is 7.70. The molecule has 3 aliphatic rings. The van der Waals surface area contributed by atoms with Crippen molar-refractivity contribution in [1.82, 2.24) is 15.5 Å². The molecule has 22 heavy (non-hydrogen) atoms. The van der Waals surface area contributed by atoms with E-state index in [0.717, 1.165) is 37.5 Å². The fourth-order valence-corrected chi connectivity index (χ4v) is 3.14. The van der Waals surface area contributed by atoms with Gasteiger partial charge in [-0.1, -0.05) is 0 Å². The fraction of sp³-hybridized carbons (Fsp3) is 0.438. The topological polar surface area (TPSA) is 56.8 Å². The van der Waals surface area contributed by atoms with E-state index in [0.29, 0.717) is 24.5 Å². The van der Waals surface area contributed by atoms with Crippen LogP contribution in [-0.2, 0) is 11.2 Å². The molecule has 0 aromatic heterocycles. The normalized spacial score (nSPS) is 21.5. The number of carbonyl (C=O) groups is 1. The first-order chi connectivity index (χ1) is 10.7. The van der Waals surface area contributed by atoms with E-state index < -0.39 is 0 Å². The van der Waals surface area contributed by atoms with E-state index >= 15 is 0 Å². The second kappa shape index (κ2) is 5.21. The lowest BCUT2D eigenvalue weighted by Gasteiger charge is -2.35. The van der Waals surface area contributed by atoms with Gasteiger partial charge in [-0.25, -0.2) is 0 Å². The molecule has 0 spiro atoms. The summed E-state index contributed by atoms with van der Waals surface area (Å²) in [6.45, 7) is 4.65. The number of carbonyl (C=O) groups excluding carboxylic acids is 1. The molecule has 6 nitrogen and oxygen atoms in total. The number of fused-ring (bicyclic) bond motifs is 1. The van der Waals surface area contributed by atoms with E-state index in [9.17, 15) is 4.79 Å². The van der Waals surface area contributed by atoms with Gasteiger partial charge in [-0.15, -0.1) is 0 Å². The fourth-order valence-electron chi connectivity index (χ4n) is 3.14. The summed E-state index contributed by atoms with van der Waals surface area (Å²) in [6.07, 6.45) is 0.616. The van der Waals surface area contributed by atoms with Crippen LogP contribution in [0.1, 0.15) is 5.56 Å². The van der Waals surface area contributed by atoms with Crippen molar-refractivity contribution in [3.05, 3.63) is 35.2 Å². The molecular formula is C16H20N4O2. The van der Waals surface area contributed by atoms with Crippen LogP contribution in [0.5, 0.6) is 5.75 Å². The summed E-state index contributed by atoms with van der Waals surface area (Å²) in [5.41, 5.74) is 2.98. The van der Waals surface area contributed by atoms with Gasteiger partial charge < -0.3 is 25.2 Å². The van der Waals surface area contributed by atoms with Crippen molar-refractivity contribution < 1.29 is 9.53 Å². The average molecular weight is 300 g/mol. The molecule has 0 bridgehead atoms. The van der Waals surface area contributed by atoms with Gasteiger partial charge in [0, 0.05) is 43.9 Å². The lowest BCUT2D eigenvalue weighted by molar-refractivity contribution is -0.118. The molecule has 2 N–H and O–H groups in total. The molecule has 0 atom stereocenters. The van der Waals surface area contributed by atoms with Crippen molar-refractivity contribution in [1.29, 1.82) is 0 Å². The predicted octanol–water partition coefficient (Wildman–Crippen LogP) is 0.262. The molecule has 116 valence electrons. The Morgan fingerprint density at radius 1 is 1.14 bits per heavy atom. The van der Waals surface area contributed by atoms with Crippen LogP contribution in [0.2, 0.25) is 0 Å². The van der Waals surface area contributed by atoms with Gasteiger partial charge >= 0.3 is 0 Å². The standard InChI is InChI=1S/C16H20N4O2/c1-19-4-6-20(7-5-19)12-2-3-14-11(8-12)9-13-15(21)17-10-18-16(13)22-14/h2-3,8,18H,4-7,9-10H2,1H3,(H,17,21). The van der Waals surface area contributed by atoms with Gasteiger partial charge in [0.15, 0.2) is 0 Å². The molecule has 0 radical (unpaired) electrons. The smallest absolute Gasteiger partial charge is 0.254 e. The summed E-state index contributed by atoms with van der Waals surface area (Å²) in [6, 6.07) is 6.28. The maximum Gasteiger partial charge on any atom is 0.254 e. The van der Waals surface area contributed by atoms with E-state index in [4.69, 9.17) is 4.74 Å². The summed E-state index contributed by atoms with van der Waals surface area (Å²) in [7, 11) is 2.15. The van der Waals surface area contributed by atoms with E-state index in [1.165, 1.54) is 5.69 Å². The van der Waals surface area contributed by atoms with Gasteiger partial charge in [-0.3, -0.25) is 4.79 Å². The lowest BCUT2D eigenvalue weighted by Crippen LogP contribution is -2.45. The zero-order valence-corrected chi connectivity index (χ0v) is 12.7. The quantitative estimate of drug-likeness (QED) is 0.779. The summed E-state index contributed by atoms with van der Waals surface area (Å²) in [5.74, 6) is 1.41. The third-order valence-corrected chi connectivity index (χ3v) is 4.54. The molecule has 6 heteroatoms. The molecule has 1 aromatic rings. The number of rotatable bonds is 1. The Morgan fingerprint density at radius 2 is 1.95 bits per heavy atom. The largest absolute Gasteiger partial charge is 0.441 e. The van der Waals surface area contributed by atoms with Gasteiger partial charge in [0.05, 0.1) is 12.2 Å².